The summed E-state index contributed by atoms with van der Waals surface area (Å²) in [7, 11) is 9.51. The lowest BCUT2D eigenvalue weighted by Gasteiger charge is -2.30. The third-order valence-corrected chi connectivity index (χ3v) is 10.3. The first-order valence-corrected chi connectivity index (χ1v) is 19.9. The number of hydrogen-bond donors (Lipinski definition) is 2. The highest BCUT2D eigenvalue weighted by Gasteiger charge is 2.29. The van der Waals surface area contributed by atoms with E-state index >= 15 is 0 Å². The van der Waals surface area contributed by atoms with Gasteiger partial charge in [0, 0.05) is 28.4 Å². The van der Waals surface area contributed by atoms with Gasteiger partial charge in [-0.2, -0.15) is 0 Å². The number of benzene rings is 4. The maximum Gasteiger partial charge on any atom is 0.255 e. The van der Waals surface area contributed by atoms with Gasteiger partial charge in [0.25, 0.3) is 5.91 Å². The third kappa shape index (κ3) is 9.73. The van der Waals surface area contributed by atoms with Gasteiger partial charge in [-0.1, -0.05) is 55.1 Å². The Kier molecular flexibility index (Phi) is 14.3. The Balaban J connectivity index is 1.19. The van der Waals surface area contributed by atoms with E-state index in [1.165, 1.54) is 0 Å². The first kappa shape index (κ1) is 42.4. The SMILES string of the molecule is CCCCCCC(CCCOc1c(OC)cccc1C1NC(=O)c2cc(C)ccc2N1)Oc1c(OC)cc(-c2cc(-c3cc(OC)c(OC)c(OC)c3)no2)cc1OC. The van der Waals surface area contributed by atoms with Gasteiger partial charge >= 0.3 is 0 Å². The Morgan fingerprint density at radius 1 is 0.678 bits per heavy atom. The lowest BCUT2D eigenvalue weighted by Crippen LogP contribution is -2.38. The smallest absolute Gasteiger partial charge is 0.255 e. The zero-order valence-corrected chi connectivity index (χ0v) is 35.2. The molecule has 0 bridgehead atoms. The number of methoxy groups -OCH3 is 6. The van der Waals surface area contributed by atoms with Gasteiger partial charge in [0.15, 0.2) is 40.3 Å². The van der Waals surface area contributed by atoms with Crippen molar-refractivity contribution in [1.82, 2.24) is 10.5 Å². The number of anilines is 1. The maximum absolute atomic E-state index is 13.1. The Hall–Kier alpha value is -6.24. The number of nitrogens with zero attached hydrogens (tertiary/aromatic N) is 1. The van der Waals surface area contributed by atoms with Crippen molar-refractivity contribution >= 4 is 11.6 Å². The molecule has 0 radical (unpaired) electrons. The van der Waals surface area contributed by atoms with Crippen LogP contribution >= 0.6 is 0 Å². The monoisotopic (exact) mass is 809 g/mol. The molecule has 2 atom stereocenters. The molecule has 1 aliphatic rings. The van der Waals surface area contributed by atoms with Crippen LogP contribution in [0.4, 0.5) is 5.69 Å². The number of ether oxygens (including phenoxy) is 8. The molecule has 0 saturated carbocycles. The van der Waals surface area contributed by atoms with Crippen LogP contribution in [0.25, 0.3) is 22.6 Å². The molecule has 0 fully saturated rings. The van der Waals surface area contributed by atoms with Crippen LogP contribution in [0.5, 0.6) is 46.0 Å². The molecule has 0 saturated heterocycles. The summed E-state index contributed by atoms with van der Waals surface area (Å²) in [5, 5.41) is 10.9. The topological polar surface area (TPSA) is 141 Å². The number of nitrogens with one attached hydrogen (secondary N) is 2. The average molecular weight is 810 g/mol. The maximum atomic E-state index is 13.1. The molecule has 5 aromatic rings. The zero-order chi connectivity index (χ0) is 41.9. The molecular weight excluding hydrogens is 755 g/mol. The predicted molar refractivity (Wildman–Crippen MR) is 226 cm³/mol. The fraction of sp³-hybridized carbons (Fsp3) is 0.391. The first-order valence-electron chi connectivity index (χ1n) is 19.9. The van der Waals surface area contributed by atoms with Crippen LogP contribution in [-0.4, -0.2) is 66.4 Å². The van der Waals surface area contributed by atoms with Gasteiger partial charge in [0.2, 0.25) is 11.5 Å². The van der Waals surface area contributed by atoms with Gasteiger partial charge in [-0.15, -0.1) is 0 Å². The normalized spacial score (nSPS) is 13.7. The number of rotatable bonds is 21. The Labute approximate surface area is 346 Å². The van der Waals surface area contributed by atoms with Crippen LogP contribution in [0.1, 0.15) is 79.5 Å². The van der Waals surface area contributed by atoms with E-state index in [1.807, 2.05) is 73.7 Å². The Bertz CT molecular complexity index is 2150. The lowest BCUT2D eigenvalue weighted by atomic mass is 10.0. The predicted octanol–water partition coefficient (Wildman–Crippen LogP) is 9.80. The summed E-state index contributed by atoms with van der Waals surface area (Å²) in [4.78, 5) is 13.1. The van der Waals surface area contributed by atoms with Crippen molar-refractivity contribution < 1.29 is 47.2 Å². The van der Waals surface area contributed by atoms with Crippen LogP contribution in [-0.2, 0) is 0 Å². The largest absolute Gasteiger partial charge is 0.493 e. The summed E-state index contributed by atoms with van der Waals surface area (Å²) in [6.45, 7) is 4.56. The molecule has 6 rings (SSSR count). The Morgan fingerprint density at radius 2 is 1.34 bits per heavy atom. The van der Waals surface area contributed by atoms with Crippen LogP contribution in [0.2, 0.25) is 0 Å². The molecular formula is C46H55N3O10. The van der Waals surface area contributed by atoms with Crippen LogP contribution in [0, 0.1) is 6.92 Å². The van der Waals surface area contributed by atoms with Gasteiger partial charge in [-0.3, -0.25) is 4.79 Å². The minimum absolute atomic E-state index is 0.149. The lowest BCUT2D eigenvalue weighted by molar-refractivity contribution is 0.0934. The third-order valence-electron chi connectivity index (χ3n) is 10.3. The standard InChI is InChI=1S/C46H55N3O10/c1-9-10-11-12-15-31(16-14-21-57-42-32(17-13-18-36(42)51-3)45-47-34-20-19-28(2)22-33(34)46(50)48-45)58-44-40(54-6)25-30(26-41(44)55-7)37-27-35(49-59-37)29-23-38(52-4)43(56-8)39(24-29)53-5/h13,17-20,22-27,31,45,47H,9-12,14-16,21H2,1-8H3,(H,48,50). The van der Waals surface area contributed by atoms with Crippen molar-refractivity contribution in [3.8, 4) is 68.6 Å². The van der Waals surface area contributed by atoms with E-state index in [0.717, 1.165) is 54.5 Å². The van der Waals surface area contributed by atoms with Crippen molar-refractivity contribution in [2.45, 2.75) is 71.1 Å². The van der Waals surface area contributed by atoms with Gasteiger partial charge in [-0.25, -0.2) is 0 Å². The molecule has 1 aliphatic heterocycles. The number of unbranched alkanes of at least 4 members (excludes halogenated alkanes) is 3. The second kappa shape index (κ2) is 20.0. The van der Waals surface area contributed by atoms with Gasteiger partial charge in [-0.05, 0) is 75.1 Å². The van der Waals surface area contributed by atoms with Crippen molar-refractivity contribution in [2.75, 3.05) is 54.6 Å². The molecule has 2 N–H and O–H groups in total. The van der Waals surface area contributed by atoms with E-state index in [-0.39, 0.29) is 12.0 Å². The van der Waals surface area contributed by atoms with Crippen LogP contribution in [0.3, 0.4) is 0 Å². The highest BCUT2D eigenvalue weighted by Crippen LogP contribution is 2.45. The Morgan fingerprint density at radius 3 is 2.00 bits per heavy atom. The fourth-order valence-corrected chi connectivity index (χ4v) is 7.23. The van der Waals surface area contributed by atoms with Crippen molar-refractivity contribution in [3.63, 3.8) is 0 Å². The molecule has 1 aromatic heterocycles. The summed E-state index contributed by atoms with van der Waals surface area (Å²) < 4.78 is 53.2. The second-order valence-corrected chi connectivity index (χ2v) is 14.3. The first-order chi connectivity index (χ1) is 28.7. The number of carbonyl (C=O) groups excluding carboxylic acids is 1. The van der Waals surface area contributed by atoms with Crippen molar-refractivity contribution in [1.29, 1.82) is 0 Å². The van der Waals surface area contributed by atoms with Gasteiger partial charge < -0.3 is 53.1 Å². The molecule has 13 heteroatoms. The van der Waals surface area contributed by atoms with Crippen molar-refractivity contribution in [2.24, 2.45) is 0 Å². The van der Waals surface area contributed by atoms with Gasteiger partial charge in [0.1, 0.15) is 11.9 Å². The summed E-state index contributed by atoms with van der Waals surface area (Å²) in [6.07, 6.45) is 5.97. The van der Waals surface area contributed by atoms with E-state index < -0.39 is 6.17 Å². The molecule has 2 heterocycles. The summed E-state index contributed by atoms with van der Waals surface area (Å²) in [6, 6.07) is 20.6. The number of carbonyl (C=O) groups is 1. The number of aryl methyl sites for hydroxylation is 1. The molecule has 2 unspecified atom stereocenters. The summed E-state index contributed by atoms with van der Waals surface area (Å²) >= 11 is 0. The highest BCUT2D eigenvalue weighted by molar-refractivity contribution is 6.02. The van der Waals surface area contributed by atoms with E-state index in [0.29, 0.717) is 88.0 Å². The molecule has 0 spiro atoms. The van der Waals surface area contributed by atoms with Crippen molar-refractivity contribution in [3.05, 3.63) is 83.4 Å². The minimum atomic E-state index is -0.502. The molecule has 13 nitrogen and oxygen atoms in total. The minimum Gasteiger partial charge on any atom is -0.493 e. The van der Waals surface area contributed by atoms with Crippen LogP contribution < -0.4 is 48.5 Å². The van der Waals surface area contributed by atoms with Gasteiger partial charge in [0.05, 0.1) is 60.9 Å². The number of para-hydroxylation sites is 1. The molecule has 314 valence electrons. The fourth-order valence-electron chi connectivity index (χ4n) is 7.23. The molecule has 1 amide bonds. The summed E-state index contributed by atoms with van der Waals surface area (Å²) in [5.74, 6) is 4.50. The molecule has 0 aliphatic carbocycles. The number of hydrogen-bond acceptors (Lipinski definition) is 12. The number of fused-ring (bicyclic) bond motifs is 1. The van der Waals surface area contributed by atoms with E-state index in [1.54, 1.807) is 42.7 Å². The zero-order valence-electron chi connectivity index (χ0n) is 35.2. The van der Waals surface area contributed by atoms with E-state index in [2.05, 4.69) is 22.7 Å². The summed E-state index contributed by atoms with van der Waals surface area (Å²) in [5.41, 5.74) is 5.16. The van der Waals surface area contributed by atoms with E-state index in [4.69, 9.17) is 42.4 Å². The average Bonchev–Trinajstić information content (AvgIpc) is 3.76. The quantitative estimate of drug-likeness (QED) is 0.0682. The molecule has 59 heavy (non-hydrogen) atoms. The molecule has 4 aromatic carbocycles. The second-order valence-electron chi connectivity index (χ2n) is 14.3. The van der Waals surface area contributed by atoms with E-state index in [9.17, 15) is 4.79 Å². The number of aromatic nitrogens is 1. The van der Waals surface area contributed by atoms with Crippen LogP contribution in [0.15, 0.2) is 71.3 Å². The number of amides is 1. The highest BCUT2D eigenvalue weighted by atomic mass is 16.5.